The number of amides is 1. The molecule has 0 saturated heterocycles. The summed E-state index contributed by atoms with van der Waals surface area (Å²) in [7, 11) is 0. The second-order valence-electron chi connectivity index (χ2n) is 2.95. The molecule has 0 aromatic carbocycles. The Bertz CT molecular complexity index is 309. The van der Waals surface area contributed by atoms with E-state index in [-0.39, 0.29) is 24.9 Å². The minimum Gasteiger partial charge on any atom is -0.392 e. The van der Waals surface area contributed by atoms with Crippen LogP contribution >= 0.6 is 0 Å². The molecule has 0 unspecified atom stereocenters. The van der Waals surface area contributed by atoms with Crippen LogP contribution < -0.4 is 11.1 Å². The molecule has 1 atom stereocenters. The van der Waals surface area contributed by atoms with E-state index in [4.69, 9.17) is 10.8 Å². The summed E-state index contributed by atoms with van der Waals surface area (Å²) in [6.45, 7) is 1.87. The fourth-order valence-corrected chi connectivity index (χ4v) is 0.850. The number of hydrogen-bond donors (Lipinski definition) is 3. The van der Waals surface area contributed by atoms with Gasteiger partial charge in [-0.15, -0.1) is 5.10 Å². The number of nitrogen functional groups attached to an aromatic ring is 1. The van der Waals surface area contributed by atoms with E-state index in [0.29, 0.717) is 0 Å². The van der Waals surface area contributed by atoms with Crippen LogP contribution in [0.1, 0.15) is 6.92 Å². The monoisotopic (exact) mass is 199 g/mol. The highest BCUT2D eigenvalue weighted by atomic mass is 16.3. The van der Waals surface area contributed by atoms with Crippen LogP contribution in [-0.4, -0.2) is 38.4 Å². The number of aromatic nitrogens is 3. The molecule has 0 aliphatic heterocycles. The van der Waals surface area contributed by atoms with Crippen LogP contribution in [0, 0.1) is 0 Å². The quantitative estimate of drug-likeness (QED) is 0.539. The first-order valence-corrected chi connectivity index (χ1v) is 4.17. The van der Waals surface area contributed by atoms with Crippen LogP contribution in [0.3, 0.4) is 0 Å². The lowest BCUT2D eigenvalue weighted by molar-refractivity contribution is -0.122. The van der Waals surface area contributed by atoms with Gasteiger partial charge in [0, 0.05) is 6.54 Å². The Hall–Kier alpha value is -1.63. The van der Waals surface area contributed by atoms with Gasteiger partial charge < -0.3 is 16.2 Å². The minimum absolute atomic E-state index is 0.0525. The molecule has 1 amide bonds. The molecular formula is C7H13N5O2. The lowest BCUT2D eigenvalue weighted by atomic mass is 10.4. The first-order chi connectivity index (χ1) is 6.58. The molecule has 1 aromatic heterocycles. The second kappa shape index (κ2) is 4.56. The van der Waals surface area contributed by atoms with Crippen molar-refractivity contribution in [1.29, 1.82) is 0 Å². The maximum Gasteiger partial charge on any atom is 0.241 e. The number of nitrogens with zero attached hydrogens (tertiary/aromatic N) is 3. The van der Waals surface area contributed by atoms with Crippen molar-refractivity contribution >= 4 is 11.9 Å². The van der Waals surface area contributed by atoms with Crippen molar-refractivity contribution < 1.29 is 9.90 Å². The number of anilines is 1. The zero-order valence-electron chi connectivity index (χ0n) is 7.84. The van der Waals surface area contributed by atoms with E-state index in [1.165, 1.54) is 11.0 Å². The highest BCUT2D eigenvalue weighted by Gasteiger charge is 2.04. The van der Waals surface area contributed by atoms with Crippen molar-refractivity contribution in [3.63, 3.8) is 0 Å². The van der Waals surface area contributed by atoms with Crippen molar-refractivity contribution in [1.82, 2.24) is 20.1 Å². The second-order valence-corrected chi connectivity index (χ2v) is 2.95. The fraction of sp³-hybridized carbons (Fsp3) is 0.571. The average Bonchev–Trinajstić information content (AvgIpc) is 2.48. The maximum absolute atomic E-state index is 11.2. The van der Waals surface area contributed by atoms with E-state index < -0.39 is 6.10 Å². The molecule has 14 heavy (non-hydrogen) atoms. The number of hydrogen-bond acceptors (Lipinski definition) is 5. The lowest BCUT2D eigenvalue weighted by Crippen LogP contribution is -2.33. The summed E-state index contributed by atoms with van der Waals surface area (Å²) in [5.41, 5.74) is 5.26. The number of aliphatic hydroxyl groups excluding tert-OH is 1. The number of nitrogens with one attached hydrogen (secondary N) is 1. The smallest absolute Gasteiger partial charge is 0.241 e. The molecular weight excluding hydrogens is 186 g/mol. The molecule has 0 aliphatic carbocycles. The molecule has 4 N–H and O–H groups in total. The minimum atomic E-state index is -0.556. The molecule has 0 bridgehead atoms. The molecule has 1 heterocycles. The first kappa shape index (κ1) is 10.5. The maximum atomic E-state index is 11.2. The Morgan fingerprint density at radius 1 is 1.86 bits per heavy atom. The Morgan fingerprint density at radius 3 is 3.07 bits per heavy atom. The Balaban J connectivity index is 2.34. The number of nitrogens with two attached hydrogens (primary N) is 1. The highest BCUT2D eigenvalue weighted by molar-refractivity contribution is 5.75. The number of rotatable bonds is 4. The van der Waals surface area contributed by atoms with Crippen LogP contribution in [0.2, 0.25) is 0 Å². The highest BCUT2D eigenvalue weighted by Crippen LogP contribution is 1.88. The van der Waals surface area contributed by atoms with Crippen LogP contribution in [0.4, 0.5) is 5.95 Å². The predicted molar refractivity (Wildman–Crippen MR) is 49.1 cm³/mol. The van der Waals surface area contributed by atoms with Gasteiger partial charge in [-0.05, 0) is 6.92 Å². The molecule has 0 aliphatic rings. The summed E-state index contributed by atoms with van der Waals surface area (Å²) in [6, 6.07) is 0. The molecule has 0 fully saturated rings. The summed E-state index contributed by atoms with van der Waals surface area (Å²) >= 11 is 0. The Morgan fingerprint density at radius 2 is 2.57 bits per heavy atom. The van der Waals surface area contributed by atoms with E-state index in [9.17, 15) is 4.79 Å². The third-order valence-electron chi connectivity index (χ3n) is 1.45. The van der Waals surface area contributed by atoms with Crippen molar-refractivity contribution in [2.75, 3.05) is 12.3 Å². The van der Waals surface area contributed by atoms with E-state index in [1.807, 2.05) is 0 Å². The number of carbonyl (C=O) groups is 1. The van der Waals surface area contributed by atoms with Crippen LogP contribution in [0.25, 0.3) is 0 Å². The van der Waals surface area contributed by atoms with Crippen LogP contribution in [-0.2, 0) is 11.3 Å². The Labute approximate surface area is 80.9 Å². The van der Waals surface area contributed by atoms with Crippen molar-refractivity contribution in [2.45, 2.75) is 19.6 Å². The zero-order chi connectivity index (χ0) is 10.6. The van der Waals surface area contributed by atoms with E-state index >= 15 is 0 Å². The molecule has 7 nitrogen and oxygen atoms in total. The van der Waals surface area contributed by atoms with Gasteiger partial charge in [0.1, 0.15) is 12.9 Å². The van der Waals surface area contributed by atoms with Gasteiger partial charge in [-0.25, -0.2) is 9.67 Å². The molecule has 0 spiro atoms. The lowest BCUT2D eigenvalue weighted by Gasteiger charge is -2.06. The summed E-state index contributed by atoms with van der Waals surface area (Å²) in [4.78, 5) is 14.8. The summed E-state index contributed by atoms with van der Waals surface area (Å²) in [6.07, 6.45) is 0.817. The van der Waals surface area contributed by atoms with Crippen molar-refractivity contribution in [3.05, 3.63) is 6.33 Å². The normalized spacial score (nSPS) is 12.4. The number of carbonyl (C=O) groups excluding carboxylic acids is 1. The van der Waals surface area contributed by atoms with Crippen LogP contribution in [0.15, 0.2) is 6.33 Å². The molecule has 0 radical (unpaired) electrons. The van der Waals surface area contributed by atoms with Crippen molar-refractivity contribution in [3.8, 4) is 0 Å². The fourth-order valence-electron chi connectivity index (χ4n) is 0.850. The van der Waals surface area contributed by atoms with Crippen LogP contribution in [0.5, 0.6) is 0 Å². The third kappa shape index (κ3) is 3.40. The summed E-state index contributed by atoms with van der Waals surface area (Å²) < 4.78 is 1.33. The largest absolute Gasteiger partial charge is 0.392 e. The van der Waals surface area contributed by atoms with Gasteiger partial charge in [0.05, 0.1) is 6.10 Å². The van der Waals surface area contributed by atoms with Crippen molar-refractivity contribution in [2.24, 2.45) is 0 Å². The summed E-state index contributed by atoms with van der Waals surface area (Å²) in [5.74, 6) is -0.107. The topological polar surface area (TPSA) is 106 Å². The molecule has 78 valence electrons. The van der Waals surface area contributed by atoms with Gasteiger partial charge >= 0.3 is 0 Å². The molecule has 1 rings (SSSR count). The van der Waals surface area contributed by atoms with Gasteiger partial charge in [-0.2, -0.15) is 0 Å². The predicted octanol–water partition coefficient (Wildman–Crippen LogP) is -1.64. The van der Waals surface area contributed by atoms with Gasteiger partial charge in [0.25, 0.3) is 0 Å². The first-order valence-electron chi connectivity index (χ1n) is 4.17. The Kier molecular flexibility index (Phi) is 3.41. The van der Waals surface area contributed by atoms with E-state index in [2.05, 4.69) is 15.4 Å². The van der Waals surface area contributed by atoms with E-state index in [1.54, 1.807) is 6.92 Å². The third-order valence-corrected chi connectivity index (χ3v) is 1.45. The molecule has 7 heteroatoms. The average molecular weight is 199 g/mol. The zero-order valence-corrected chi connectivity index (χ0v) is 7.84. The standard InChI is InChI=1S/C7H13N5O2/c1-5(13)2-9-6(14)3-12-4-10-7(8)11-12/h4-5,13H,2-3H2,1H3,(H2,8,11)(H,9,14)/t5-/m1/s1. The molecule has 1 aromatic rings. The van der Waals surface area contributed by atoms with Gasteiger partial charge in [-0.3, -0.25) is 4.79 Å². The summed E-state index contributed by atoms with van der Waals surface area (Å²) in [5, 5.41) is 15.2. The van der Waals surface area contributed by atoms with E-state index in [0.717, 1.165) is 0 Å². The van der Waals surface area contributed by atoms with Gasteiger partial charge in [-0.1, -0.05) is 0 Å². The van der Waals surface area contributed by atoms with Gasteiger partial charge in [0.15, 0.2) is 0 Å². The molecule has 0 saturated carbocycles. The SMILES string of the molecule is C[C@@H](O)CNC(=O)Cn1cnc(N)n1. The number of aliphatic hydroxyl groups is 1. The van der Waals surface area contributed by atoms with Gasteiger partial charge in [0.2, 0.25) is 11.9 Å².